The van der Waals surface area contributed by atoms with Crippen LogP contribution in [0.3, 0.4) is 0 Å². The molecular weight excluding hydrogens is 290 g/mol. The molecule has 122 valence electrons. The predicted octanol–water partition coefficient (Wildman–Crippen LogP) is 0.259. The zero-order chi connectivity index (χ0) is 15.5. The van der Waals surface area contributed by atoms with Crippen molar-refractivity contribution in [3.8, 4) is 0 Å². The topological polar surface area (TPSA) is 69.7 Å². The van der Waals surface area contributed by atoms with Gasteiger partial charge in [-0.05, 0) is 46.2 Å². The molecule has 0 spiro atoms. The van der Waals surface area contributed by atoms with E-state index in [1.54, 1.807) is 6.92 Å². The minimum Gasteiger partial charge on any atom is -0.354 e. The highest BCUT2D eigenvalue weighted by Crippen LogP contribution is 2.20. The molecule has 2 aliphatic heterocycles. The third-order valence-electron chi connectivity index (χ3n) is 4.77. The predicted molar refractivity (Wildman–Crippen MR) is 82.4 cm³/mol. The molecule has 0 bridgehead atoms. The van der Waals surface area contributed by atoms with Gasteiger partial charge in [-0.2, -0.15) is 0 Å². The van der Waals surface area contributed by atoms with E-state index in [2.05, 4.69) is 17.3 Å². The van der Waals surface area contributed by atoms with Crippen molar-refractivity contribution in [3.05, 3.63) is 0 Å². The maximum Gasteiger partial charge on any atom is 0.223 e. The Balaban J connectivity index is 1.75. The van der Waals surface area contributed by atoms with Crippen molar-refractivity contribution < 1.29 is 13.2 Å². The molecule has 2 fully saturated rings. The summed E-state index contributed by atoms with van der Waals surface area (Å²) in [5.41, 5.74) is 0. The Morgan fingerprint density at radius 2 is 1.86 bits per heavy atom. The molecule has 2 aliphatic rings. The Hall–Kier alpha value is -0.660. The van der Waals surface area contributed by atoms with Gasteiger partial charge in [0.2, 0.25) is 15.9 Å². The number of hydrogen-bond donors (Lipinski definition) is 1. The van der Waals surface area contributed by atoms with Crippen LogP contribution in [0.2, 0.25) is 0 Å². The molecule has 0 unspecified atom stereocenters. The number of amides is 1. The highest BCUT2D eigenvalue weighted by molar-refractivity contribution is 7.89. The molecule has 21 heavy (non-hydrogen) atoms. The first-order chi connectivity index (χ1) is 9.94. The Labute approximate surface area is 127 Å². The second kappa shape index (κ2) is 7.07. The summed E-state index contributed by atoms with van der Waals surface area (Å²) in [7, 11) is -1.01. The van der Waals surface area contributed by atoms with Crippen LogP contribution < -0.4 is 5.32 Å². The first kappa shape index (κ1) is 16.7. The van der Waals surface area contributed by atoms with Crippen molar-refractivity contribution >= 4 is 15.9 Å². The van der Waals surface area contributed by atoms with Crippen molar-refractivity contribution in [1.82, 2.24) is 14.5 Å². The van der Waals surface area contributed by atoms with Gasteiger partial charge < -0.3 is 10.2 Å². The van der Waals surface area contributed by atoms with Crippen molar-refractivity contribution in [2.45, 2.75) is 38.6 Å². The molecule has 1 atom stereocenters. The number of piperidine rings is 1. The number of nitrogens with zero attached hydrogens (tertiary/aromatic N) is 2. The zero-order valence-electron chi connectivity index (χ0n) is 13.0. The Morgan fingerprint density at radius 3 is 2.38 bits per heavy atom. The van der Waals surface area contributed by atoms with Gasteiger partial charge in [0.05, 0.1) is 5.75 Å². The number of nitrogens with one attached hydrogen (secondary N) is 1. The Kier molecular flexibility index (Phi) is 5.62. The smallest absolute Gasteiger partial charge is 0.223 e. The van der Waals surface area contributed by atoms with E-state index in [9.17, 15) is 13.2 Å². The molecule has 0 aromatic rings. The maximum atomic E-state index is 12.2. The molecule has 2 saturated heterocycles. The summed E-state index contributed by atoms with van der Waals surface area (Å²) in [4.78, 5) is 14.5. The zero-order valence-corrected chi connectivity index (χ0v) is 13.9. The Bertz CT molecular complexity index is 458. The molecule has 6 nitrogen and oxygen atoms in total. The summed E-state index contributed by atoms with van der Waals surface area (Å²) in [5, 5.41) is 3.04. The van der Waals surface area contributed by atoms with Gasteiger partial charge in [0.25, 0.3) is 0 Å². The number of carbonyl (C=O) groups excluding carboxylic acids is 1. The number of carbonyl (C=O) groups is 1. The molecule has 0 aromatic heterocycles. The van der Waals surface area contributed by atoms with Crippen LogP contribution in [-0.4, -0.2) is 68.6 Å². The summed E-state index contributed by atoms with van der Waals surface area (Å²) < 4.78 is 25.1. The minimum absolute atomic E-state index is 0.0417. The van der Waals surface area contributed by atoms with Gasteiger partial charge in [-0.1, -0.05) is 0 Å². The maximum absolute atomic E-state index is 12.2. The molecule has 0 aliphatic carbocycles. The van der Waals surface area contributed by atoms with Crippen LogP contribution in [0.5, 0.6) is 0 Å². The highest BCUT2D eigenvalue weighted by atomic mass is 32.2. The summed E-state index contributed by atoms with van der Waals surface area (Å²) in [6.45, 7) is 4.41. The van der Waals surface area contributed by atoms with E-state index in [0.29, 0.717) is 38.5 Å². The van der Waals surface area contributed by atoms with Crippen LogP contribution in [0, 0.1) is 5.92 Å². The van der Waals surface area contributed by atoms with E-state index in [1.807, 2.05) is 0 Å². The van der Waals surface area contributed by atoms with E-state index < -0.39 is 10.0 Å². The van der Waals surface area contributed by atoms with Crippen LogP contribution in [0.4, 0.5) is 0 Å². The number of likely N-dealkylation sites (N-methyl/N-ethyl adjacent to an activating group) is 1. The lowest BCUT2D eigenvalue weighted by molar-refractivity contribution is -0.126. The fraction of sp³-hybridized carbons (Fsp3) is 0.929. The number of likely N-dealkylation sites (tertiary alicyclic amines) is 1. The van der Waals surface area contributed by atoms with E-state index in [1.165, 1.54) is 10.7 Å². The summed E-state index contributed by atoms with van der Waals surface area (Å²) in [6, 6.07) is 0.453. The molecule has 7 heteroatoms. The van der Waals surface area contributed by atoms with Crippen molar-refractivity contribution in [1.29, 1.82) is 0 Å². The number of sulfonamides is 1. The minimum atomic E-state index is -3.11. The second-order valence-electron chi connectivity index (χ2n) is 6.10. The normalized spacial score (nSPS) is 26.1. The van der Waals surface area contributed by atoms with Crippen molar-refractivity contribution in [2.24, 2.45) is 5.92 Å². The molecule has 0 aromatic carbocycles. The third kappa shape index (κ3) is 4.17. The van der Waals surface area contributed by atoms with Gasteiger partial charge in [0.1, 0.15) is 0 Å². The molecule has 2 rings (SSSR count). The van der Waals surface area contributed by atoms with Crippen LogP contribution >= 0.6 is 0 Å². The Morgan fingerprint density at radius 1 is 1.19 bits per heavy atom. The van der Waals surface area contributed by atoms with Gasteiger partial charge in [-0.15, -0.1) is 0 Å². The third-order valence-corrected chi connectivity index (χ3v) is 6.65. The quantitative estimate of drug-likeness (QED) is 0.789. The van der Waals surface area contributed by atoms with Crippen molar-refractivity contribution in [2.75, 3.05) is 39.0 Å². The van der Waals surface area contributed by atoms with Gasteiger partial charge in [-0.25, -0.2) is 12.7 Å². The molecule has 1 amide bonds. The lowest BCUT2D eigenvalue weighted by Gasteiger charge is -2.30. The second-order valence-corrected chi connectivity index (χ2v) is 8.35. The van der Waals surface area contributed by atoms with E-state index >= 15 is 0 Å². The average Bonchev–Trinajstić information content (AvgIpc) is 2.90. The molecule has 2 heterocycles. The standard InChI is InChI=1S/C14H27N3O3S/c1-3-21(19,20)17-9-6-12(7-10-17)14(18)15-11-13-5-4-8-16(13)2/h12-13H,3-11H2,1-2H3,(H,15,18)/t13-/m0/s1. The van der Waals surface area contributed by atoms with Crippen LogP contribution in [0.25, 0.3) is 0 Å². The summed E-state index contributed by atoms with van der Waals surface area (Å²) in [6.07, 6.45) is 3.60. The first-order valence-electron chi connectivity index (χ1n) is 7.90. The van der Waals surface area contributed by atoms with E-state index in [-0.39, 0.29) is 17.6 Å². The summed E-state index contributed by atoms with van der Waals surface area (Å²) in [5.74, 6) is 0.182. The van der Waals surface area contributed by atoms with Crippen LogP contribution in [0.15, 0.2) is 0 Å². The lowest BCUT2D eigenvalue weighted by atomic mass is 9.97. The number of hydrogen-bond acceptors (Lipinski definition) is 4. The summed E-state index contributed by atoms with van der Waals surface area (Å²) >= 11 is 0. The van der Waals surface area contributed by atoms with Crippen LogP contribution in [0.1, 0.15) is 32.6 Å². The van der Waals surface area contributed by atoms with Crippen LogP contribution in [-0.2, 0) is 14.8 Å². The SMILES string of the molecule is CCS(=O)(=O)N1CCC(C(=O)NC[C@@H]2CCCN2C)CC1. The van der Waals surface area contributed by atoms with E-state index in [0.717, 1.165) is 13.0 Å². The highest BCUT2D eigenvalue weighted by Gasteiger charge is 2.30. The molecule has 0 radical (unpaired) electrons. The molecule has 1 N–H and O–H groups in total. The van der Waals surface area contributed by atoms with Gasteiger partial charge in [0, 0.05) is 31.6 Å². The fourth-order valence-electron chi connectivity index (χ4n) is 3.18. The lowest BCUT2D eigenvalue weighted by Crippen LogP contribution is -2.45. The fourth-order valence-corrected chi connectivity index (χ4v) is 4.31. The van der Waals surface area contributed by atoms with Gasteiger partial charge in [0.15, 0.2) is 0 Å². The average molecular weight is 317 g/mol. The van der Waals surface area contributed by atoms with Gasteiger partial charge >= 0.3 is 0 Å². The molecular formula is C14H27N3O3S. The van der Waals surface area contributed by atoms with Crippen molar-refractivity contribution in [3.63, 3.8) is 0 Å². The van der Waals surface area contributed by atoms with E-state index in [4.69, 9.17) is 0 Å². The number of rotatable bonds is 5. The molecule has 0 saturated carbocycles. The largest absolute Gasteiger partial charge is 0.354 e. The van der Waals surface area contributed by atoms with Gasteiger partial charge in [-0.3, -0.25) is 4.79 Å². The monoisotopic (exact) mass is 317 g/mol. The first-order valence-corrected chi connectivity index (χ1v) is 9.50.